The number of likely N-dealkylation sites (tertiary alicyclic amines) is 2. The van der Waals surface area contributed by atoms with E-state index in [-0.39, 0.29) is 5.91 Å². The number of carbonyl (C=O) groups is 1. The van der Waals surface area contributed by atoms with E-state index in [0.717, 1.165) is 79.9 Å². The van der Waals surface area contributed by atoms with Gasteiger partial charge in [0.15, 0.2) is 0 Å². The molecule has 1 amide bonds. The second-order valence-corrected chi connectivity index (χ2v) is 9.83. The molecular weight excluding hydrogens is 444 g/mol. The topological polar surface area (TPSA) is 83.1 Å². The molecule has 0 radical (unpaired) electrons. The summed E-state index contributed by atoms with van der Waals surface area (Å²) in [6, 6.07) is 4.96. The summed E-state index contributed by atoms with van der Waals surface area (Å²) < 4.78 is 11.8. The molecule has 3 fully saturated rings. The highest BCUT2D eigenvalue weighted by atomic mass is 16.5. The first kappa shape index (κ1) is 22.3. The smallest absolute Gasteiger partial charge is 0.246 e. The van der Waals surface area contributed by atoms with Gasteiger partial charge in [-0.3, -0.25) is 9.69 Å². The molecule has 0 unspecified atom stereocenters. The Morgan fingerprint density at radius 2 is 2.00 bits per heavy atom. The quantitative estimate of drug-likeness (QED) is 0.674. The largest absolute Gasteiger partial charge is 0.486 e. The zero-order valence-electron chi connectivity index (χ0n) is 20.2. The number of rotatable bonds is 4. The molecule has 0 aliphatic carbocycles. The normalized spacial score (nSPS) is 22.4. The number of benzene rings is 1. The van der Waals surface area contributed by atoms with Gasteiger partial charge in [-0.15, -0.1) is 0 Å². The highest BCUT2D eigenvalue weighted by Crippen LogP contribution is 2.41. The number of carbonyl (C=O) groups excluding carboxylic acids is 1. The molecule has 9 nitrogen and oxygen atoms in total. The Labute approximate surface area is 205 Å². The van der Waals surface area contributed by atoms with Crippen LogP contribution in [0.15, 0.2) is 31.1 Å². The number of aryl methyl sites for hydroxylation is 1. The molecule has 184 valence electrons. The Bertz CT molecular complexity index is 1140. The summed E-state index contributed by atoms with van der Waals surface area (Å²) in [5.74, 6) is 3.11. The van der Waals surface area contributed by atoms with Crippen molar-refractivity contribution in [2.24, 2.45) is 0 Å². The van der Waals surface area contributed by atoms with E-state index in [9.17, 15) is 4.79 Å². The van der Waals surface area contributed by atoms with Gasteiger partial charge in [0, 0.05) is 38.8 Å². The minimum atomic E-state index is 0.0327. The lowest BCUT2D eigenvalue weighted by Crippen LogP contribution is -2.60. The zero-order chi connectivity index (χ0) is 23.9. The zero-order valence-corrected chi connectivity index (χ0v) is 20.2. The minimum Gasteiger partial charge on any atom is -0.486 e. The van der Waals surface area contributed by atoms with Crippen molar-refractivity contribution in [3.05, 3.63) is 47.8 Å². The molecule has 1 N–H and O–H groups in total. The Morgan fingerprint density at radius 1 is 1.17 bits per heavy atom. The predicted octanol–water partition coefficient (Wildman–Crippen LogP) is 2.44. The van der Waals surface area contributed by atoms with E-state index >= 15 is 0 Å². The van der Waals surface area contributed by atoms with Gasteiger partial charge in [-0.1, -0.05) is 12.6 Å². The van der Waals surface area contributed by atoms with Crippen LogP contribution in [0.25, 0.3) is 0 Å². The highest BCUT2D eigenvalue weighted by molar-refractivity contribution is 5.87. The summed E-state index contributed by atoms with van der Waals surface area (Å²) >= 11 is 0. The van der Waals surface area contributed by atoms with Gasteiger partial charge in [0.05, 0.1) is 24.5 Å². The van der Waals surface area contributed by atoms with Crippen LogP contribution in [-0.2, 0) is 16.1 Å². The number of amides is 1. The maximum absolute atomic E-state index is 11.8. The maximum atomic E-state index is 11.8. The van der Waals surface area contributed by atoms with E-state index in [1.54, 1.807) is 6.33 Å². The van der Waals surface area contributed by atoms with Gasteiger partial charge in [0.25, 0.3) is 0 Å². The van der Waals surface area contributed by atoms with Crippen LogP contribution < -0.4 is 15.0 Å². The van der Waals surface area contributed by atoms with Crippen molar-refractivity contribution in [2.45, 2.75) is 31.9 Å². The molecule has 4 aliphatic rings. The highest BCUT2D eigenvalue weighted by Gasteiger charge is 2.38. The first-order valence-corrected chi connectivity index (χ1v) is 12.5. The first-order valence-electron chi connectivity index (χ1n) is 12.5. The van der Waals surface area contributed by atoms with E-state index in [2.05, 4.69) is 50.7 Å². The van der Waals surface area contributed by atoms with Gasteiger partial charge in [0.1, 0.15) is 30.3 Å². The average molecular weight is 477 g/mol. The van der Waals surface area contributed by atoms with E-state index in [0.29, 0.717) is 31.8 Å². The molecule has 1 aromatic heterocycles. The third-order valence-electron chi connectivity index (χ3n) is 7.70. The molecule has 5 heterocycles. The molecule has 0 bridgehead atoms. The second kappa shape index (κ2) is 9.13. The number of ether oxygens (including phenoxy) is 2. The fraction of sp³-hybridized carbons (Fsp3) is 0.500. The third kappa shape index (κ3) is 4.12. The molecule has 0 saturated carbocycles. The minimum absolute atomic E-state index is 0.0327. The van der Waals surface area contributed by atoms with Crippen LogP contribution >= 0.6 is 0 Å². The van der Waals surface area contributed by atoms with E-state index in [1.165, 1.54) is 11.6 Å². The SMILES string of the molecule is C=CC(=O)N1CC(N2CC[C@H](c3cc(C)c4c(c3)Nc3ncnc(N5CCOCC5)c3CO4)C2)C1. The second-order valence-electron chi connectivity index (χ2n) is 9.83. The number of fused-ring (bicyclic) bond motifs is 2. The van der Waals surface area contributed by atoms with Gasteiger partial charge in [0.2, 0.25) is 5.91 Å². The van der Waals surface area contributed by atoms with Crippen molar-refractivity contribution < 1.29 is 14.3 Å². The summed E-state index contributed by atoms with van der Waals surface area (Å²) in [5, 5.41) is 3.57. The van der Waals surface area contributed by atoms with Crippen molar-refractivity contribution in [2.75, 3.05) is 62.7 Å². The maximum Gasteiger partial charge on any atom is 0.246 e. The molecule has 35 heavy (non-hydrogen) atoms. The molecule has 0 spiro atoms. The summed E-state index contributed by atoms with van der Waals surface area (Å²) in [5.41, 5.74) is 4.41. The predicted molar refractivity (Wildman–Crippen MR) is 133 cm³/mol. The molecule has 6 rings (SSSR count). The fourth-order valence-electron chi connectivity index (χ4n) is 5.67. The number of nitrogens with one attached hydrogen (secondary N) is 1. The Kier molecular flexibility index (Phi) is 5.82. The van der Waals surface area contributed by atoms with Crippen LogP contribution in [0, 0.1) is 6.92 Å². The standard InChI is InChI=1S/C26H32N6O3/c1-3-23(33)32-13-20(14-32)31-5-4-18(12-31)19-10-17(2)24-22(11-19)29-25-21(15-35-24)26(28-16-27-25)30-6-8-34-9-7-30/h3,10-11,16,18,20H,1,4-9,12-15H2,2H3,(H,27,28,29)/t18-/m0/s1. The molecule has 9 heteroatoms. The van der Waals surface area contributed by atoms with Crippen molar-refractivity contribution in [3.63, 3.8) is 0 Å². The van der Waals surface area contributed by atoms with E-state index in [4.69, 9.17) is 9.47 Å². The van der Waals surface area contributed by atoms with Gasteiger partial charge >= 0.3 is 0 Å². The van der Waals surface area contributed by atoms with Crippen molar-refractivity contribution in [1.82, 2.24) is 19.8 Å². The summed E-state index contributed by atoms with van der Waals surface area (Å²) in [4.78, 5) is 27.6. The molecule has 4 aliphatic heterocycles. The van der Waals surface area contributed by atoms with Crippen molar-refractivity contribution >= 4 is 23.2 Å². The Morgan fingerprint density at radius 3 is 2.80 bits per heavy atom. The van der Waals surface area contributed by atoms with Crippen LogP contribution in [0.2, 0.25) is 0 Å². The number of hydrogen-bond acceptors (Lipinski definition) is 8. The summed E-state index contributed by atoms with van der Waals surface area (Å²) in [6.45, 7) is 12.9. The van der Waals surface area contributed by atoms with Crippen LogP contribution in [0.1, 0.15) is 29.0 Å². The number of aromatic nitrogens is 2. The van der Waals surface area contributed by atoms with Crippen molar-refractivity contribution in [1.29, 1.82) is 0 Å². The van der Waals surface area contributed by atoms with E-state index < -0.39 is 0 Å². The molecule has 1 atom stereocenters. The third-order valence-corrected chi connectivity index (χ3v) is 7.70. The van der Waals surface area contributed by atoms with Gasteiger partial charge in [-0.2, -0.15) is 0 Å². The lowest BCUT2D eigenvalue weighted by Gasteiger charge is -2.43. The van der Waals surface area contributed by atoms with Crippen LogP contribution in [0.5, 0.6) is 5.75 Å². The Hall–Kier alpha value is -3.17. The van der Waals surface area contributed by atoms with Crippen molar-refractivity contribution in [3.8, 4) is 5.75 Å². The van der Waals surface area contributed by atoms with Crippen LogP contribution in [-0.4, -0.2) is 84.2 Å². The van der Waals surface area contributed by atoms with Crippen LogP contribution in [0.4, 0.5) is 17.3 Å². The number of anilines is 3. The van der Waals surface area contributed by atoms with Gasteiger partial charge in [-0.05, 0) is 49.1 Å². The summed E-state index contributed by atoms with van der Waals surface area (Å²) in [7, 11) is 0. The van der Waals surface area contributed by atoms with Gasteiger partial charge in [-0.25, -0.2) is 9.97 Å². The molecule has 1 aromatic carbocycles. The average Bonchev–Trinajstić information content (AvgIpc) is 3.24. The van der Waals surface area contributed by atoms with E-state index in [1.807, 2.05) is 4.90 Å². The summed E-state index contributed by atoms with van der Waals surface area (Å²) in [6.07, 6.45) is 4.15. The molecule has 3 saturated heterocycles. The molecule has 2 aromatic rings. The molecular formula is C26H32N6O3. The number of hydrogen-bond donors (Lipinski definition) is 1. The number of nitrogens with zero attached hydrogens (tertiary/aromatic N) is 5. The number of morpholine rings is 1. The first-order chi connectivity index (χ1) is 17.1. The lowest BCUT2D eigenvalue weighted by atomic mass is 9.95. The van der Waals surface area contributed by atoms with Gasteiger partial charge < -0.3 is 24.6 Å². The Balaban J connectivity index is 1.20. The lowest BCUT2D eigenvalue weighted by molar-refractivity contribution is -0.132. The monoisotopic (exact) mass is 476 g/mol. The fourth-order valence-corrected chi connectivity index (χ4v) is 5.67. The van der Waals surface area contributed by atoms with Crippen LogP contribution in [0.3, 0.4) is 0 Å².